The first kappa shape index (κ1) is 9.96. The minimum absolute atomic E-state index is 0.172. The van der Waals surface area contributed by atoms with Crippen molar-refractivity contribution in [1.82, 2.24) is 0 Å². The molecule has 15 heavy (non-hydrogen) atoms. The Morgan fingerprint density at radius 1 is 1.47 bits per heavy atom. The van der Waals surface area contributed by atoms with E-state index in [4.69, 9.17) is 4.74 Å². The summed E-state index contributed by atoms with van der Waals surface area (Å²) >= 11 is 0. The van der Waals surface area contributed by atoms with Crippen LogP contribution >= 0.6 is 0 Å². The zero-order valence-corrected chi connectivity index (χ0v) is 8.55. The summed E-state index contributed by atoms with van der Waals surface area (Å²) in [6.45, 7) is 0. The molecule has 0 heterocycles. The third kappa shape index (κ3) is 2.26. The van der Waals surface area contributed by atoms with Gasteiger partial charge in [0, 0.05) is 17.3 Å². The highest BCUT2D eigenvalue weighted by Gasteiger charge is 2.47. The van der Waals surface area contributed by atoms with Gasteiger partial charge in [-0.05, 0) is 24.1 Å². The SMILES string of the molecule is COc1ccc(C[C@@H]2C[C@H]2[N+](=O)[O-])cc1. The van der Waals surface area contributed by atoms with Gasteiger partial charge in [0.05, 0.1) is 7.11 Å². The van der Waals surface area contributed by atoms with E-state index in [0.29, 0.717) is 0 Å². The monoisotopic (exact) mass is 207 g/mol. The van der Waals surface area contributed by atoms with Gasteiger partial charge in [0.1, 0.15) is 5.75 Å². The molecule has 1 aliphatic carbocycles. The third-order valence-electron chi connectivity index (χ3n) is 2.81. The predicted octanol–water partition coefficient (Wildman–Crippen LogP) is 1.90. The lowest BCUT2D eigenvalue weighted by atomic mass is 10.1. The lowest BCUT2D eigenvalue weighted by molar-refractivity contribution is -0.498. The lowest BCUT2D eigenvalue weighted by Gasteiger charge is -2.01. The van der Waals surface area contributed by atoms with Crippen molar-refractivity contribution >= 4 is 0 Å². The third-order valence-corrected chi connectivity index (χ3v) is 2.81. The molecular weight excluding hydrogens is 194 g/mol. The van der Waals surface area contributed by atoms with Crippen molar-refractivity contribution in [2.45, 2.75) is 18.9 Å². The highest BCUT2D eigenvalue weighted by atomic mass is 16.6. The Bertz CT molecular complexity index is 361. The van der Waals surface area contributed by atoms with Crippen molar-refractivity contribution in [3.05, 3.63) is 39.9 Å². The number of hydrogen-bond donors (Lipinski definition) is 0. The standard InChI is InChI=1S/C11H13NO3/c1-15-10-4-2-8(3-5-10)6-9-7-11(9)12(13)14/h2-5,9,11H,6-7H2,1H3/t9-,11-/m1/s1. The molecule has 1 aliphatic rings. The molecule has 1 aromatic rings. The van der Waals surface area contributed by atoms with Crippen LogP contribution < -0.4 is 4.74 Å². The van der Waals surface area contributed by atoms with E-state index in [1.165, 1.54) is 0 Å². The van der Waals surface area contributed by atoms with E-state index >= 15 is 0 Å². The zero-order valence-electron chi connectivity index (χ0n) is 8.55. The van der Waals surface area contributed by atoms with Gasteiger partial charge in [0.2, 0.25) is 6.04 Å². The Morgan fingerprint density at radius 2 is 2.13 bits per heavy atom. The van der Waals surface area contributed by atoms with E-state index in [-0.39, 0.29) is 16.9 Å². The maximum atomic E-state index is 10.4. The molecule has 0 N–H and O–H groups in total. The smallest absolute Gasteiger partial charge is 0.217 e. The molecule has 4 nitrogen and oxygen atoms in total. The number of nitrogens with zero attached hydrogens (tertiary/aromatic N) is 1. The van der Waals surface area contributed by atoms with Gasteiger partial charge in [-0.1, -0.05) is 12.1 Å². The summed E-state index contributed by atoms with van der Waals surface area (Å²) in [5.41, 5.74) is 1.14. The molecule has 1 saturated carbocycles. The normalized spacial score (nSPS) is 23.5. The van der Waals surface area contributed by atoms with Gasteiger partial charge in [-0.25, -0.2) is 0 Å². The molecule has 1 fully saturated rings. The zero-order chi connectivity index (χ0) is 10.8. The van der Waals surface area contributed by atoms with Gasteiger partial charge in [0.15, 0.2) is 0 Å². The van der Waals surface area contributed by atoms with Gasteiger partial charge >= 0.3 is 0 Å². The number of ether oxygens (including phenoxy) is 1. The molecule has 2 rings (SSSR count). The summed E-state index contributed by atoms with van der Waals surface area (Å²) in [6.07, 6.45) is 1.52. The number of hydrogen-bond acceptors (Lipinski definition) is 3. The van der Waals surface area contributed by atoms with Crippen LogP contribution in [-0.2, 0) is 6.42 Å². The maximum Gasteiger partial charge on any atom is 0.217 e. The first-order chi connectivity index (χ1) is 7.20. The molecule has 0 unspecified atom stereocenters. The molecule has 0 aliphatic heterocycles. The van der Waals surface area contributed by atoms with Gasteiger partial charge in [-0.2, -0.15) is 0 Å². The molecule has 0 spiro atoms. The quantitative estimate of drug-likeness (QED) is 0.559. The van der Waals surface area contributed by atoms with Crippen LogP contribution in [0, 0.1) is 16.0 Å². The van der Waals surface area contributed by atoms with Crippen molar-refractivity contribution in [2.24, 2.45) is 5.92 Å². The summed E-state index contributed by atoms with van der Waals surface area (Å²) in [6, 6.07) is 7.40. The molecule has 2 atom stereocenters. The van der Waals surface area contributed by atoms with Crippen molar-refractivity contribution in [2.75, 3.05) is 7.11 Å². The average Bonchev–Trinajstić information content (AvgIpc) is 2.98. The van der Waals surface area contributed by atoms with Crippen LogP contribution in [0.1, 0.15) is 12.0 Å². The number of rotatable bonds is 4. The molecule has 1 aromatic carbocycles. The lowest BCUT2D eigenvalue weighted by Crippen LogP contribution is -2.04. The Kier molecular flexibility index (Phi) is 2.58. The van der Waals surface area contributed by atoms with Crippen LogP contribution in [0.4, 0.5) is 0 Å². The van der Waals surface area contributed by atoms with Crippen LogP contribution in [0.5, 0.6) is 5.75 Å². The van der Waals surface area contributed by atoms with Crippen molar-refractivity contribution in [3.63, 3.8) is 0 Å². The van der Waals surface area contributed by atoms with Gasteiger partial charge in [-0.3, -0.25) is 10.1 Å². The highest BCUT2D eigenvalue weighted by molar-refractivity contribution is 5.27. The molecule has 0 aromatic heterocycles. The Morgan fingerprint density at radius 3 is 2.60 bits per heavy atom. The molecule has 0 radical (unpaired) electrons. The second-order valence-corrected chi connectivity index (χ2v) is 3.90. The Hall–Kier alpha value is -1.58. The summed E-state index contributed by atoms with van der Waals surface area (Å²) < 4.78 is 5.04. The minimum Gasteiger partial charge on any atom is -0.497 e. The number of benzene rings is 1. The number of methoxy groups -OCH3 is 1. The fourth-order valence-corrected chi connectivity index (χ4v) is 1.77. The predicted molar refractivity (Wildman–Crippen MR) is 55.6 cm³/mol. The topological polar surface area (TPSA) is 52.4 Å². The van der Waals surface area contributed by atoms with E-state index in [9.17, 15) is 10.1 Å². The Labute approximate surface area is 88.0 Å². The van der Waals surface area contributed by atoms with Crippen LogP contribution in [0.3, 0.4) is 0 Å². The first-order valence-corrected chi connectivity index (χ1v) is 4.97. The second kappa shape index (κ2) is 3.88. The molecule has 0 saturated heterocycles. The highest BCUT2D eigenvalue weighted by Crippen LogP contribution is 2.36. The molecule has 4 heteroatoms. The average molecular weight is 207 g/mol. The van der Waals surface area contributed by atoms with E-state index < -0.39 is 0 Å². The van der Waals surface area contributed by atoms with Gasteiger partial charge < -0.3 is 4.74 Å². The largest absolute Gasteiger partial charge is 0.497 e. The maximum absolute atomic E-state index is 10.4. The second-order valence-electron chi connectivity index (χ2n) is 3.90. The Balaban J connectivity index is 1.92. The summed E-state index contributed by atoms with van der Waals surface area (Å²) in [7, 11) is 1.62. The summed E-state index contributed by atoms with van der Waals surface area (Å²) in [4.78, 5) is 10.3. The minimum atomic E-state index is -0.313. The van der Waals surface area contributed by atoms with Crippen LogP contribution in [0.25, 0.3) is 0 Å². The van der Waals surface area contributed by atoms with Gasteiger partial charge in [0.25, 0.3) is 0 Å². The van der Waals surface area contributed by atoms with Crippen LogP contribution in [0.15, 0.2) is 24.3 Å². The number of nitro groups is 1. The van der Waals surface area contributed by atoms with E-state index in [1.807, 2.05) is 24.3 Å². The van der Waals surface area contributed by atoms with E-state index in [2.05, 4.69) is 0 Å². The fourth-order valence-electron chi connectivity index (χ4n) is 1.77. The fraction of sp³-hybridized carbons (Fsp3) is 0.455. The van der Waals surface area contributed by atoms with Crippen molar-refractivity contribution in [3.8, 4) is 5.75 Å². The van der Waals surface area contributed by atoms with E-state index in [1.54, 1.807) is 7.11 Å². The van der Waals surface area contributed by atoms with Crippen LogP contribution in [0.2, 0.25) is 0 Å². The summed E-state index contributed by atoms with van der Waals surface area (Å²) in [5.74, 6) is 1.05. The molecular formula is C11H13NO3. The van der Waals surface area contributed by atoms with Crippen molar-refractivity contribution in [1.29, 1.82) is 0 Å². The summed E-state index contributed by atoms with van der Waals surface area (Å²) in [5, 5.41) is 10.4. The van der Waals surface area contributed by atoms with Crippen LogP contribution in [-0.4, -0.2) is 18.1 Å². The molecule has 0 amide bonds. The molecule has 80 valence electrons. The van der Waals surface area contributed by atoms with Crippen molar-refractivity contribution < 1.29 is 9.66 Å². The van der Waals surface area contributed by atoms with E-state index in [0.717, 1.165) is 24.2 Å². The molecule has 0 bridgehead atoms. The van der Waals surface area contributed by atoms with Gasteiger partial charge in [-0.15, -0.1) is 0 Å². The first-order valence-electron chi connectivity index (χ1n) is 4.97.